The summed E-state index contributed by atoms with van der Waals surface area (Å²) in [6.07, 6.45) is 5.99. The number of fused-ring (bicyclic) bond motifs is 3. The van der Waals surface area contributed by atoms with Crippen LogP contribution in [0.15, 0.2) is 0 Å². The van der Waals surface area contributed by atoms with Crippen molar-refractivity contribution in [1.29, 1.82) is 0 Å². The second-order valence-corrected chi connectivity index (χ2v) is 3.87. The van der Waals surface area contributed by atoms with Crippen LogP contribution in [0, 0.1) is 11.8 Å². The molecule has 0 radical (unpaired) electrons. The number of hydrogen-bond acceptors (Lipinski definition) is 1. The van der Waals surface area contributed by atoms with Gasteiger partial charge >= 0.3 is 0 Å². The van der Waals surface area contributed by atoms with E-state index in [9.17, 15) is 0 Å². The van der Waals surface area contributed by atoms with Gasteiger partial charge < -0.3 is 5.32 Å². The molecule has 0 aromatic carbocycles. The van der Waals surface area contributed by atoms with Crippen molar-refractivity contribution >= 4 is 0 Å². The van der Waals surface area contributed by atoms with Crippen LogP contribution in [0.4, 0.5) is 0 Å². The molecule has 1 nitrogen and oxygen atoms in total. The molecule has 0 aromatic rings. The van der Waals surface area contributed by atoms with Crippen LogP contribution in [0.3, 0.4) is 0 Å². The van der Waals surface area contributed by atoms with E-state index in [1.165, 1.54) is 25.7 Å². The highest BCUT2D eigenvalue weighted by Crippen LogP contribution is 2.51. The molecular weight excluding hydrogens is 110 g/mol. The molecule has 4 atom stereocenters. The van der Waals surface area contributed by atoms with E-state index in [-0.39, 0.29) is 0 Å². The van der Waals surface area contributed by atoms with E-state index in [0.717, 1.165) is 23.9 Å². The minimum absolute atomic E-state index is 0.953. The average molecular weight is 123 g/mol. The van der Waals surface area contributed by atoms with Crippen LogP contribution >= 0.6 is 0 Å². The summed E-state index contributed by atoms with van der Waals surface area (Å²) in [5.74, 6) is 2.23. The van der Waals surface area contributed by atoms with Crippen LogP contribution in [-0.4, -0.2) is 12.1 Å². The average Bonchev–Trinajstić information content (AvgIpc) is 2.38. The topological polar surface area (TPSA) is 12.0 Å². The Balaban J connectivity index is 1.88. The van der Waals surface area contributed by atoms with Gasteiger partial charge in [-0.05, 0) is 31.1 Å². The third-order valence-electron chi connectivity index (χ3n) is 3.39. The predicted molar refractivity (Wildman–Crippen MR) is 36.2 cm³/mol. The first-order valence-corrected chi connectivity index (χ1v) is 4.21. The standard InChI is InChI=1S/C8H13N/c1-2-5-6-4-8(6)9-7(5)3-1/h5-9H,1-4H2. The van der Waals surface area contributed by atoms with Gasteiger partial charge in [-0.25, -0.2) is 0 Å². The van der Waals surface area contributed by atoms with Gasteiger partial charge in [-0.3, -0.25) is 0 Å². The van der Waals surface area contributed by atoms with Gasteiger partial charge in [0.2, 0.25) is 0 Å². The Morgan fingerprint density at radius 2 is 2.00 bits per heavy atom. The van der Waals surface area contributed by atoms with Crippen LogP contribution < -0.4 is 5.32 Å². The summed E-state index contributed by atoms with van der Waals surface area (Å²) in [5, 5.41) is 3.69. The fraction of sp³-hybridized carbons (Fsp3) is 1.00. The van der Waals surface area contributed by atoms with Crippen molar-refractivity contribution in [2.24, 2.45) is 11.8 Å². The summed E-state index contributed by atoms with van der Waals surface area (Å²) in [7, 11) is 0. The molecule has 0 spiro atoms. The van der Waals surface area contributed by atoms with Gasteiger partial charge in [-0.2, -0.15) is 0 Å². The molecule has 0 bridgehead atoms. The van der Waals surface area contributed by atoms with Crippen LogP contribution in [0.5, 0.6) is 0 Å². The third-order valence-corrected chi connectivity index (χ3v) is 3.39. The van der Waals surface area contributed by atoms with E-state index in [4.69, 9.17) is 0 Å². The van der Waals surface area contributed by atoms with E-state index in [1.807, 2.05) is 0 Å². The molecule has 50 valence electrons. The Kier molecular flexibility index (Phi) is 0.704. The number of nitrogens with one attached hydrogen (secondary N) is 1. The zero-order valence-corrected chi connectivity index (χ0v) is 5.64. The monoisotopic (exact) mass is 123 g/mol. The van der Waals surface area contributed by atoms with Crippen LogP contribution in [0.25, 0.3) is 0 Å². The molecule has 0 amide bonds. The Morgan fingerprint density at radius 1 is 1.00 bits per heavy atom. The van der Waals surface area contributed by atoms with E-state index >= 15 is 0 Å². The summed E-state index contributed by atoms with van der Waals surface area (Å²) in [4.78, 5) is 0. The van der Waals surface area contributed by atoms with Crippen molar-refractivity contribution in [3.05, 3.63) is 0 Å². The molecule has 0 aromatic heterocycles. The summed E-state index contributed by atoms with van der Waals surface area (Å²) in [6, 6.07) is 1.93. The lowest BCUT2D eigenvalue weighted by molar-refractivity contribution is 0.444. The molecule has 4 unspecified atom stereocenters. The third kappa shape index (κ3) is 0.493. The van der Waals surface area contributed by atoms with E-state index in [1.54, 1.807) is 0 Å². The number of rotatable bonds is 0. The van der Waals surface area contributed by atoms with E-state index in [2.05, 4.69) is 5.32 Å². The molecule has 9 heavy (non-hydrogen) atoms. The number of piperidine rings is 1. The second kappa shape index (κ2) is 1.34. The second-order valence-electron chi connectivity index (χ2n) is 3.87. The fourth-order valence-electron chi connectivity index (χ4n) is 2.86. The zero-order chi connectivity index (χ0) is 5.84. The summed E-state index contributed by atoms with van der Waals surface area (Å²) in [6.45, 7) is 0. The molecule has 1 heterocycles. The maximum atomic E-state index is 3.69. The fourth-order valence-corrected chi connectivity index (χ4v) is 2.86. The molecular formula is C8H13N. The van der Waals surface area contributed by atoms with Gasteiger partial charge in [0.05, 0.1) is 0 Å². The SMILES string of the molecule is C1CC2NC3CC3C2C1. The molecule has 2 saturated carbocycles. The Bertz CT molecular complexity index is 144. The molecule has 1 aliphatic heterocycles. The Hall–Kier alpha value is -0.0400. The highest BCUT2D eigenvalue weighted by atomic mass is 15.1. The van der Waals surface area contributed by atoms with Gasteiger partial charge in [0.1, 0.15) is 0 Å². The predicted octanol–water partition coefficient (Wildman–Crippen LogP) is 1.15. The molecule has 3 fully saturated rings. The molecule has 1 heteroatoms. The lowest BCUT2D eigenvalue weighted by Crippen LogP contribution is -2.26. The van der Waals surface area contributed by atoms with Crippen LogP contribution in [-0.2, 0) is 0 Å². The van der Waals surface area contributed by atoms with Gasteiger partial charge in [0.25, 0.3) is 0 Å². The molecule has 1 saturated heterocycles. The Morgan fingerprint density at radius 3 is 2.89 bits per heavy atom. The van der Waals surface area contributed by atoms with Crippen molar-refractivity contribution in [2.45, 2.75) is 37.8 Å². The largest absolute Gasteiger partial charge is 0.311 e. The van der Waals surface area contributed by atoms with Gasteiger partial charge in [-0.1, -0.05) is 6.42 Å². The first-order chi connectivity index (χ1) is 4.45. The summed E-state index contributed by atoms with van der Waals surface area (Å²) in [5.41, 5.74) is 0. The normalized spacial score (nSPS) is 61.3. The highest BCUT2D eigenvalue weighted by molar-refractivity contribution is 5.10. The quantitative estimate of drug-likeness (QED) is 0.509. The molecule has 3 rings (SSSR count). The summed E-state index contributed by atoms with van der Waals surface area (Å²) < 4.78 is 0. The highest BCUT2D eigenvalue weighted by Gasteiger charge is 2.54. The van der Waals surface area contributed by atoms with Crippen LogP contribution in [0.1, 0.15) is 25.7 Å². The van der Waals surface area contributed by atoms with Crippen molar-refractivity contribution in [3.63, 3.8) is 0 Å². The number of hydrogen-bond donors (Lipinski definition) is 1. The van der Waals surface area contributed by atoms with Crippen molar-refractivity contribution < 1.29 is 0 Å². The smallest absolute Gasteiger partial charge is 0.0105 e. The molecule has 2 aliphatic carbocycles. The van der Waals surface area contributed by atoms with Crippen molar-refractivity contribution in [2.75, 3.05) is 0 Å². The first kappa shape index (κ1) is 4.73. The molecule has 1 N–H and O–H groups in total. The van der Waals surface area contributed by atoms with Gasteiger partial charge in [0.15, 0.2) is 0 Å². The molecule has 3 aliphatic rings. The lowest BCUT2D eigenvalue weighted by Gasteiger charge is -2.11. The van der Waals surface area contributed by atoms with E-state index in [0.29, 0.717) is 0 Å². The van der Waals surface area contributed by atoms with E-state index < -0.39 is 0 Å². The minimum Gasteiger partial charge on any atom is -0.311 e. The maximum Gasteiger partial charge on any atom is 0.0105 e. The minimum atomic E-state index is 0.953. The van der Waals surface area contributed by atoms with Gasteiger partial charge in [-0.15, -0.1) is 0 Å². The maximum absolute atomic E-state index is 3.69. The van der Waals surface area contributed by atoms with Gasteiger partial charge in [0, 0.05) is 12.1 Å². The summed E-state index contributed by atoms with van der Waals surface area (Å²) >= 11 is 0. The van der Waals surface area contributed by atoms with Crippen LogP contribution in [0.2, 0.25) is 0 Å². The zero-order valence-electron chi connectivity index (χ0n) is 5.64. The Labute approximate surface area is 55.8 Å². The first-order valence-electron chi connectivity index (χ1n) is 4.21. The lowest BCUT2D eigenvalue weighted by atomic mass is 10.0. The van der Waals surface area contributed by atoms with Crippen molar-refractivity contribution in [1.82, 2.24) is 5.32 Å². The van der Waals surface area contributed by atoms with Crippen molar-refractivity contribution in [3.8, 4) is 0 Å².